The first-order valence-corrected chi connectivity index (χ1v) is 11.3. The van der Waals surface area contributed by atoms with E-state index in [0.717, 1.165) is 5.56 Å². The zero-order valence-corrected chi connectivity index (χ0v) is 17.5. The fourth-order valence-electron chi connectivity index (χ4n) is 3.59. The Bertz CT molecular complexity index is 1110. The molecule has 0 radical (unpaired) electrons. The van der Waals surface area contributed by atoms with Crippen molar-refractivity contribution < 1.29 is 22.7 Å². The highest BCUT2D eigenvalue weighted by atomic mass is 35.5. The number of hydrogen-bond acceptors (Lipinski definition) is 5. The van der Waals surface area contributed by atoms with Gasteiger partial charge in [0.2, 0.25) is 15.9 Å². The number of amides is 2. The van der Waals surface area contributed by atoms with Crippen LogP contribution in [0, 0.1) is 0 Å². The van der Waals surface area contributed by atoms with Gasteiger partial charge in [0, 0.05) is 18.1 Å². The lowest BCUT2D eigenvalue weighted by Crippen LogP contribution is -2.45. The van der Waals surface area contributed by atoms with Crippen molar-refractivity contribution in [2.75, 3.05) is 18.5 Å². The molecular formula is C20H20ClN3O5S. The highest BCUT2D eigenvalue weighted by molar-refractivity contribution is 7.89. The molecule has 2 N–H and O–H groups in total. The van der Waals surface area contributed by atoms with Gasteiger partial charge >= 0.3 is 0 Å². The molecule has 1 atom stereocenters. The van der Waals surface area contributed by atoms with E-state index in [1.165, 1.54) is 22.5 Å². The summed E-state index contributed by atoms with van der Waals surface area (Å²) in [6.07, 6.45) is 1.01. The molecular weight excluding hydrogens is 430 g/mol. The summed E-state index contributed by atoms with van der Waals surface area (Å²) in [4.78, 5) is 24.3. The summed E-state index contributed by atoms with van der Waals surface area (Å²) >= 11 is 6.12. The molecule has 10 heteroatoms. The first-order chi connectivity index (χ1) is 14.4. The van der Waals surface area contributed by atoms with Crippen molar-refractivity contribution in [3.05, 3.63) is 53.1 Å². The normalized spacial score (nSPS) is 19.0. The Balaban J connectivity index is 1.52. The van der Waals surface area contributed by atoms with E-state index in [9.17, 15) is 18.0 Å². The van der Waals surface area contributed by atoms with Crippen molar-refractivity contribution in [1.82, 2.24) is 9.62 Å². The first kappa shape index (κ1) is 20.6. The molecule has 2 aromatic rings. The van der Waals surface area contributed by atoms with Gasteiger partial charge in [-0.15, -0.1) is 0 Å². The lowest BCUT2D eigenvalue weighted by Gasteiger charge is -2.24. The van der Waals surface area contributed by atoms with Gasteiger partial charge in [0.15, 0.2) is 6.61 Å². The van der Waals surface area contributed by atoms with Crippen molar-refractivity contribution in [2.45, 2.75) is 30.3 Å². The number of fused-ring (bicyclic) bond motifs is 1. The predicted molar refractivity (Wildman–Crippen MR) is 111 cm³/mol. The molecule has 2 aliphatic rings. The maximum Gasteiger partial charge on any atom is 0.262 e. The largest absolute Gasteiger partial charge is 0.482 e. The third-order valence-corrected chi connectivity index (χ3v) is 7.38. The fourth-order valence-corrected chi connectivity index (χ4v) is 5.48. The van der Waals surface area contributed by atoms with E-state index in [2.05, 4.69) is 10.6 Å². The number of anilines is 1. The van der Waals surface area contributed by atoms with Gasteiger partial charge in [-0.1, -0.05) is 29.8 Å². The van der Waals surface area contributed by atoms with Crippen LogP contribution < -0.4 is 15.4 Å². The Morgan fingerprint density at radius 2 is 2.07 bits per heavy atom. The Morgan fingerprint density at radius 1 is 1.27 bits per heavy atom. The Hall–Kier alpha value is -2.62. The standard InChI is InChI=1S/C20H20ClN3O5S/c21-15-5-2-1-4-13(15)11-22-20(26)17-6-3-9-24(17)30(27,28)14-7-8-18-16(10-14)23-19(25)12-29-18/h1-2,4-5,7-8,10,17H,3,6,9,11-12H2,(H,22,26)(H,23,25)/t17-/m1/s1. The average Bonchev–Trinajstić information content (AvgIpc) is 3.23. The molecule has 0 aromatic heterocycles. The molecule has 2 amide bonds. The summed E-state index contributed by atoms with van der Waals surface area (Å²) in [6.45, 7) is 0.344. The van der Waals surface area contributed by atoms with E-state index in [-0.39, 0.29) is 36.4 Å². The van der Waals surface area contributed by atoms with Crippen LogP contribution in [0.2, 0.25) is 5.02 Å². The van der Waals surface area contributed by atoms with E-state index >= 15 is 0 Å². The molecule has 0 spiro atoms. The quantitative estimate of drug-likeness (QED) is 0.727. The number of benzene rings is 2. The van der Waals surface area contributed by atoms with E-state index in [1.54, 1.807) is 18.2 Å². The van der Waals surface area contributed by atoms with Crippen LogP contribution in [-0.2, 0) is 26.2 Å². The number of carbonyl (C=O) groups is 2. The number of halogens is 1. The van der Waals surface area contributed by atoms with Crippen molar-refractivity contribution >= 4 is 39.1 Å². The van der Waals surface area contributed by atoms with Gasteiger partial charge in [0.25, 0.3) is 5.91 Å². The summed E-state index contributed by atoms with van der Waals surface area (Å²) in [6, 6.07) is 10.6. The molecule has 0 aliphatic carbocycles. The highest BCUT2D eigenvalue weighted by Crippen LogP contribution is 2.33. The monoisotopic (exact) mass is 449 g/mol. The summed E-state index contributed by atoms with van der Waals surface area (Å²) in [5.74, 6) is -0.315. The minimum Gasteiger partial charge on any atom is -0.482 e. The van der Waals surface area contributed by atoms with E-state index < -0.39 is 16.1 Å². The van der Waals surface area contributed by atoms with E-state index in [4.69, 9.17) is 16.3 Å². The van der Waals surface area contributed by atoms with Crippen LogP contribution in [0.15, 0.2) is 47.4 Å². The number of rotatable bonds is 5. The lowest BCUT2D eigenvalue weighted by molar-refractivity contribution is -0.124. The molecule has 2 aliphatic heterocycles. The molecule has 30 heavy (non-hydrogen) atoms. The van der Waals surface area contributed by atoms with Gasteiger partial charge in [-0.2, -0.15) is 4.31 Å². The van der Waals surface area contributed by atoms with Gasteiger partial charge in [-0.3, -0.25) is 9.59 Å². The minimum absolute atomic E-state index is 0.00199. The van der Waals surface area contributed by atoms with Crippen molar-refractivity contribution in [1.29, 1.82) is 0 Å². The molecule has 4 rings (SSSR count). The summed E-state index contributed by atoms with van der Waals surface area (Å²) in [5.41, 5.74) is 1.05. The third kappa shape index (κ3) is 4.00. The zero-order valence-electron chi connectivity index (χ0n) is 15.9. The molecule has 158 valence electrons. The maximum absolute atomic E-state index is 13.2. The number of nitrogens with one attached hydrogen (secondary N) is 2. The molecule has 1 fully saturated rings. The van der Waals surface area contributed by atoms with Gasteiger partial charge in [-0.25, -0.2) is 8.42 Å². The lowest BCUT2D eigenvalue weighted by atomic mass is 10.2. The van der Waals surface area contributed by atoms with Crippen molar-refractivity contribution in [2.24, 2.45) is 0 Å². The van der Waals surface area contributed by atoms with Crippen LogP contribution in [0.25, 0.3) is 0 Å². The van der Waals surface area contributed by atoms with E-state index in [0.29, 0.717) is 29.3 Å². The van der Waals surface area contributed by atoms with Crippen LogP contribution in [-0.4, -0.2) is 43.7 Å². The Morgan fingerprint density at radius 3 is 2.87 bits per heavy atom. The van der Waals surface area contributed by atoms with Gasteiger partial charge < -0.3 is 15.4 Å². The number of nitrogens with zero attached hydrogens (tertiary/aromatic N) is 1. The van der Waals surface area contributed by atoms with Crippen LogP contribution in [0.5, 0.6) is 5.75 Å². The number of carbonyl (C=O) groups excluding carboxylic acids is 2. The van der Waals surface area contributed by atoms with Gasteiger partial charge in [-0.05, 0) is 42.7 Å². The Kier molecular flexibility index (Phi) is 5.68. The smallest absolute Gasteiger partial charge is 0.262 e. The number of hydrogen-bond donors (Lipinski definition) is 2. The second kappa shape index (κ2) is 8.25. The van der Waals surface area contributed by atoms with Crippen LogP contribution in [0.4, 0.5) is 5.69 Å². The second-order valence-corrected chi connectivity index (χ2v) is 9.38. The molecule has 0 bridgehead atoms. The van der Waals surface area contributed by atoms with Crippen molar-refractivity contribution in [3.8, 4) is 5.75 Å². The number of sulfonamides is 1. The minimum atomic E-state index is -3.94. The SMILES string of the molecule is O=C1COc2ccc(S(=O)(=O)N3CCC[C@@H]3C(=O)NCc3ccccc3Cl)cc2N1. The van der Waals surface area contributed by atoms with Gasteiger partial charge in [0.05, 0.1) is 10.6 Å². The molecule has 0 saturated carbocycles. The zero-order chi connectivity index (χ0) is 21.3. The molecule has 1 saturated heterocycles. The summed E-state index contributed by atoms with van der Waals surface area (Å²) in [7, 11) is -3.94. The van der Waals surface area contributed by atoms with Gasteiger partial charge in [0.1, 0.15) is 11.8 Å². The fraction of sp³-hybridized carbons (Fsp3) is 0.300. The molecule has 2 heterocycles. The van der Waals surface area contributed by atoms with Crippen LogP contribution in [0.1, 0.15) is 18.4 Å². The van der Waals surface area contributed by atoms with Crippen LogP contribution in [0.3, 0.4) is 0 Å². The molecule has 0 unspecified atom stereocenters. The molecule has 2 aromatic carbocycles. The summed E-state index contributed by atoms with van der Waals surface area (Å²) < 4.78 is 32.9. The number of ether oxygens (including phenoxy) is 1. The van der Waals surface area contributed by atoms with Crippen LogP contribution >= 0.6 is 11.6 Å². The molecule has 8 nitrogen and oxygen atoms in total. The van der Waals surface area contributed by atoms with Crippen molar-refractivity contribution in [3.63, 3.8) is 0 Å². The van der Waals surface area contributed by atoms with E-state index in [1.807, 2.05) is 6.07 Å². The highest BCUT2D eigenvalue weighted by Gasteiger charge is 2.39. The third-order valence-electron chi connectivity index (χ3n) is 5.11. The second-order valence-electron chi connectivity index (χ2n) is 7.08. The summed E-state index contributed by atoms with van der Waals surface area (Å²) in [5, 5.41) is 5.92. The predicted octanol–water partition coefficient (Wildman–Crippen LogP) is 2.14. The first-order valence-electron chi connectivity index (χ1n) is 9.46. The average molecular weight is 450 g/mol. The Labute approximate surface area is 179 Å². The maximum atomic E-state index is 13.2. The topological polar surface area (TPSA) is 105 Å².